The van der Waals surface area contributed by atoms with E-state index in [1.54, 1.807) is 25.9 Å². The predicted octanol–water partition coefficient (Wildman–Crippen LogP) is 2.30. The summed E-state index contributed by atoms with van der Waals surface area (Å²) in [5.41, 5.74) is 5.23. The third-order valence-corrected chi connectivity index (χ3v) is 8.14. The molecule has 0 atom stereocenters. The van der Waals surface area contributed by atoms with Crippen LogP contribution in [0.4, 0.5) is 4.79 Å². The van der Waals surface area contributed by atoms with Crippen LogP contribution in [0.15, 0.2) is 30.3 Å². The Balaban J connectivity index is 1.75. The topological polar surface area (TPSA) is 108 Å². The highest BCUT2D eigenvalue weighted by Gasteiger charge is 2.54. The third-order valence-electron chi connectivity index (χ3n) is 8.14. The normalized spacial score (nSPS) is 24.6. The van der Waals surface area contributed by atoms with Gasteiger partial charge in [0.15, 0.2) is 0 Å². The van der Waals surface area contributed by atoms with Gasteiger partial charge in [0.2, 0.25) is 11.8 Å². The van der Waals surface area contributed by atoms with E-state index in [9.17, 15) is 14.4 Å². The minimum absolute atomic E-state index is 0.0230. The molecular formula is C27H43N5O4. The number of nitrogens with one attached hydrogen (secondary N) is 1. The molecule has 2 fully saturated rings. The number of hydrogen-bond acceptors (Lipinski definition) is 5. The lowest BCUT2D eigenvalue weighted by molar-refractivity contribution is -0.130. The molecule has 1 aromatic rings. The van der Waals surface area contributed by atoms with E-state index in [0.29, 0.717) is 26.2 Å². The first-order valence-corrected chi connectivity index (χ1v) is 12.9. The fourth-order valence-corrected chi connectivity index (χ4v) is 5.76. The zero-order valence-electron chi connectivity index (χ0n) is 22.5. The molecule has 1 spiro atoms. The first-order valence-electron chi connectivity index (χ1n) is 12.9. The summed E-state index contributed by atoms with van der Waals surface area (Å²) in [4.78, 5) is 43.8. The summed E-state index contributed by atoms with van der Waals surface area (Å²) in [5.74, 6) is -0.890. The predicted molar refractivity (Wildman–Crippen MR) is 139 cm³/mol. The van der Waals surface area contributed by atoms with Crippen LogP contribution in [-0.2, 0) is 19.9 Å². The number of methoxy groups -OCH3 is 1. The number of primary amides is 1. The number of amides is 4. The molecule has 3 rings (SSSR count). The summed E-state index contributed by atoms with van der Waals surface area (Å²) >= 11 is 0. The van der Waals surface area contributed by atoms with Crippen LogP contribution in [0.1, 0.15) is 57.9 Å². The second kappa shape index (κ2) is 11.2. The van der Waals surface area contributed by atoms with Crippen LogP contribution in [0.3, 0.4) is 0 Å². The van der Waals surface area contributed by atoms with Gasteiger partial charge >= 0.3 is 6.03 Å². The van der Waals surface area contributed by atoms with Crippen molar-refractivity contribution in [2.45, 2.75) is 69.0 Å². The second-order valence-electron chi connectivity index (χ2n) is 11.0. The van der Waals surface area contributed by atoms with Crippen molar-refractivity contribution < 1.29 is 19.1 Å². The van der Waals surface area contributed by atoms with E-state index >= 15 is 0 Å². The largest absolute Gasteiger partial charge is 0.385 e. The number of hydrogen-bond donors (Lipinski definition) is 2. The summed E-state index contributed by atoms with van der Waals surface area (Å²) in [6.45, 7) is 5.28. The van der Waals surface area contributed by atoms with Crippen LogP contribution in [0.2, 0.25) is 0 Å². The first kappa shape index (κ1) is 27.9. The zero-order chi connectivity index (χ0) is 26.6. The Morgan fingerprint density at radius 2 is 1.75 bits per heavy atom. The van der Waals surface area contributed by atoms with Crippen LogP contribution < -0.4 is 11.1 Å². The van der Waals surface area contributed by atoms with E-state index in [-0.39, 0.29) is 29.4 Å². The molecule has 0 unspecified atom stereocenters. The maximum absolute atomic E-state index is 13.5. The average molecular weight is 502 g/mol. The van der Waals surface area contributed by atoms with Crippen LogP contribution in [0.25, 0.3) is 0 Å². The molecule has 1 aliphatic heterocycles. The molecule has 0 bridgehead atoms. The molecule has 3 N–H and O–H groups in total. The van der Waals surface area contributed by atoms with Gasteiger partial charge in [-0.15, -0.1) is 0 Å². The van der Waals surface area contributed by atoms with Gasteiger partial charge in [0.05, 0.1) is 5.54 Å². The van der Waals surface area contributed by atoms with Gasteiger partial charge in [0.25, 0.3) is 0 Å². The Bertz CT molecular complexity index is 925. The molecule has 1 aromatic carbocycles. The second-order valence-corrected chi connectivity index (χ2v) is 11.0. The highest BCUT2D eigenvalue weighted by Crippen LogP contribution is 2.48. The molecule has 9 heteroatoms. The van der Waals surface area contributed by atoms with Crippen molar-refractivity contribution in [3.8, 4) is 0 Å². The molecule has 1 heterocycles. The van der Waals surface area contributed by atoms with Crippen molar-refractivity contribution in [1.29, 1.82) is 0 Å². The van der Waals surface area contributed by atoms with Gasteiger partial charge in [-0.3, -0.25) is 14.5 Å². The Hall–Kier alpha value is -2.65. The van der Waals surface area contributed by atoms with Gasteiger partial charge in [0, 0.05) is 45.3 Å². The Labute approximate surface area is 215 Å². The fourth-order valence-electron chi connectivity index (χ4n) is 5.76. The third kappa shape index (κ3) is 5.67. The molecule has 0 aromatic heterocycles. The lowest BCUT2D eigenvalue weighted by atomic mass is 9.68. The number of carbonyl (C=O) groups excluding carboxylic acids is 3. The van der Waals surface area contributed by atoms with Gasteiger partial charge < -0.3 is 25.6 Å². The van der Waals surface area contributed by atoms with Gasteiger partial charge in [-0.2, -0.15) is 0 Å². The van der Waals surface area contributed by atoms with Crippen molar-refractivity contribution in [1.82, 2.24) is 20.0 Å². The molecule has 36 heavy (non-hydrogen) atoms. The van der Waals surface area contributed by atoms with Gasteiger partial charge in [-0.1, -0.05) is 30.3 Å². The van der Waals surface area contributed by atoms with E-state index in [0.717, 1.165) is 32.1 Å². The number of urea groups is 1. The van der Waals surface area contributed by atoms with Crippen molar-refractivity contribution in [2.75, 3.05) is 47.4 Å². The van der Waals surface area contributed by atoms with Gasteiger partial charge in [-0.05, 0) is 65.6 Å². The molecule has 9 nitrogen and oxygen atoms in total. The minimum atomic E-state index is -1.13. The summed E-state index contributed by atoms with van der Waals surface area (Å²) in [7, 11) is 5.95. The Morgan fingerprint density at radius 3 is 2.31 bits per heavy atom. The van der Waals surface area contributed by atoms with E-state index in [1.807, 2.05) is 11.0 Å². The molecule has 1 saturated heterocycles. The number of rotatable bonds is 11. The molecule has 0 radical (unpaired) electrons. The van der Waals surface area contributed by atoms with Crippen molar-refractivity contribution in [3.05, 3.63) is 35.9 Å². The maximum Gasteiger partial charge on any atom is 0.320 e. The van der Waals surface area contributed by atoms with Crippen LogP contribution >= 0.6 is 0 Å². The van der Waals surface area contributed by atoms with Crippen LogP contribution in [0.5, 0.6) is 0 Å². The first-order chi connectivity index (χ1) is 17.0. The number of benzene rings is 1. The quantitative estimate of drug-likeness (QED) is 0.453. The average Bonchev–Trinajstić information content (AvgIpc) is 3.09. The molecular weight excluding hydrogens is 458 g/mol. The highest BCUT2D eigenvalue weighted by atomic mass is 16.5. The number of carbonyl (C=O) groups is 3. The van der Waals surface area contributed by atoms with E-state index in [4.69, 9.17) is 10.5 Å². The van der Waals surface area contributed by atoms with E-state index in [2.05, 4.69) is 48.6 Å². The molecule has 4 amide bonds. The van der Waals surface area contributed by atoms with E-state index < -0.39 is 11.4 Å². The van der Waals surface area contributed by atoms with Crippen molar-refractivity contribution in [2.24, 2.45) is 5.73 Å². The Kier molecular flexibility index (Phi) is 8.67. The molecule has 1 aliphatic carbocycles. The van der Waals surface area contributed by atoms with Crippen LogP contribution in [0, 0.1) is 0 Å². The van der Waals surface area contributed by atoms with E-state index in [1.165, 1.54) is 5.56 Å². The summed E-state index contributed by atoms with van der Waals surface area (Å²) in [5, 5.41) is 2.67. The minimum Gasteiger partial charge on any atom is -0.385 e. The summed E-state index contributed by atoms with van der Waals surface area (Å²) < 4.78 is 5.26. The van der Waals surface area contributed by atoms with Crippen LogP contribution in [-0.4, -0.2) is 91.1 Å². The number of nitrogens with two attached hydrogens (primary N) is 1. The number of nitrogens with zero attached hydrogens (tertiary/aromatic N) is 3. The monoisotopic (exact) mass is 501 g/mol. The standard InChI is InChI=1S/C27H43N5O4/c1-25(2,23(28)34)29-22(33)12-18-31-20-26(32(24(31)35)17-9-19-36-5)13-15-27(16-14-26,30(3)4)21-10-7-6-8-11-21/h6-8,10-11H,9,12-20H2,1-5H3,(H2,28,34)(H,29,33)/t26-,27-. The molecule has 200 valence electrons. The Morgan fingerprint density at radius 1 is 1.11 bits per heavy atom. The lowest BCUT2D eigenvalue weighted by Crippen LogP contribution is -2.55. The summed E-state index contributed by atoms with van der Waals surface area (Å²) in [6, 6.07) is 10.6. The van der Waals surface area contributed by atoms with Crippen molar-refractivity contribution >= 4 is 17.8 Å². The smallest absolute Gasteiger partial charge is 0.320 e. The fraction of sp³-hybridized carbons (Fsp3) is 0.667. The number of ether oxygens (including phenoxy) is 1. The summed E-state index contributed by atoms with van der Waals surface area (Å²) in [6.07, 6.45) is 4.55. The molecule has 2 aliphatic rings. The maximum atomic E-state index is 13.5. The lowest BCUT2D eigenvalue weighted by Gasteiger charge is -2.51. The molecule has 1 saturated carbocycles. The van der Waals surface area contributed by atoms with Gasteiger partial charge in [-0.25, -0.2) is 4.79 Å². The SMILES string of the molecule is COCCCN1C(=O)N(CCC(=O)NC(C)(C)C(N)=O)C[C@]12CC[C@@](c1ccccc1)(N(C)C)CC2. The zero-order valence-corrected chi connectivity index (χ0v) is 22.5. The van der Waals surface area contributed by atoms with Crippen molar-refractivity contribution in [3.63, 3.8) is 0 Å². The van der Waals surface area contributed by atoms with Gasteiger partial charge in [0.1, 0.15) is 5.54 Å². The highest BCUT2D eigenvalue weighted by molar-refractivity contribution is 5.89.